The number of aromatic nitrogens is 1. The number of methoxy groups -OCH3 is 1. The first-order valence-corrected chi connectivity index (χ1v) is 4.08. The van der Waals surface area contributed by atoms with Gasteiger partial charge >= 0.3 is 0 Å². The van der Waals surface area contributed by atoms with Crippen LogP contribution in [0.2, 0.25) is 0 Å². The summed E-state index contributed by atoms with van der Waals surface area (Å²) < 4.78 is 10.0. The van der Waals surface area contributed by atoms with Crippen molar-refractivity contribution >= 4 is 0 Å². The molecule has 0 amide bonds. The SMILES string of the molecule is COc1ccc(-c2ncco2)cc1O. The van der Waals surface area contributed by atoms with E-state index in [1.54, 1.807) is 24.4 Å². The summed E-state index contributed by atoms with van der Waals surface area (Å²) in [6.07, 6.45) is 3.03. The van der Waals surface area contributed by atoms with E-state index in [0.717, 1.165) is 0 Å². The van der Waals surface area contributed by atoms with Gasteiger partial charge in [0, 0.05) is 5.56 Å². The fourth-order valence-corrected chi connectivity index (χ4v) is 1.19. The van der Waals surface area contributed by atoms with Crippen LogP contribution in [0, 0.1) is 0 Å². The molecule has 72 valence electrons. The Morgan fingerprint density at radius 1 is 1.43 bits per heavy atom. The first-order chi connectivity index (χ1) is 6.81. The van der Waals surface area contributed by atoms with Crippen LogP contribution in [0.15, 0.2) is 35.1 Å². The standard InChI is InChI=1S/C10H9NO3/c1-13-9-3-2-7(6-8(9)12)10-11-4-5-14-10/h2-6,12H,1H3. The molecule has 0 spiro atoms. The average Bonchev–Trinajstić information content (AvgIpc) is 2.70. The number of hydrogen-bond acceptors (Lipinski definition) is 4. The predicted octanol–water partition coefficient (Wildman–Crippen LogP) is 2.06. The van der Waals surface area contributed by atoms with Gasteiger partial charge in [0.05, 0.1) is 13.3 Å². The lowest BCUT2D eigenvalue weighted by atomic mass is 10.2. The molecule has 14 heavy (non-hydrogen) atoms. The van der Waals surface area contributed by atoms with Crippen LogP contribution in [0.4, 0.5) is 0 Å². The Balaban J connectivity index is 2.43. The molecule has 0 aliphatic heterocycles. The van der Waals surface area contributed by atoms with Gasteiger partial charge in [-0.2, -0.15) is 0 Å². The number of hydrogen-bond donors (Lipinski definition) is 1. The average molecular weight is 191 g/mol. The maximum Gasteiger partial charge on any atom is 0.225 e. The van der Waals surface area contributed by atoms with Gasteiger partial charge in [0.2, 0.25) is 5.89 Å². The van der Waals surface area contributed by atoms with E-state index in [0.29, 0.717) is 17.2 Å². The smallest absolute Gasteiger partial charge is 0.225 e. The molecule has 0 radical (unpaired) electrons. The number of oxazole rings is 1. The van der Waals surface area contributed by atoms with Gasteiger partial charge in [-0.15, -0.1) is 0 Å². The Labute approximate surface area is 80.8 Å². The molecule has 1 N–H and O–H groups in total. The Kier molecular flexibility index (Phi) is 2.10. The fraction of sp³-hybridized carbons (Fsp3) is 0.100. The van der Waals surface area contributed by atoms with Gasteiger partial charge in [0.15, 0.2) is 11.5 Å². The van der Waals surface area contributed by atoms with E-state index in [4.69, 9.17) is 9.15 Å². The van der Waals surface area contributed by atoms with Crippen LogP contribution in [0.5, 0.6) is 11.5 Å². The molecule has 4 nitrogen and oxygen atoms in total. The monoisotopic (exact) mass is 191 g/mol. The topological polar surface area (TPSA) is 55.5 Å². The van der Waals surface area contributed by atoms with Crippen LogP contribution in [0.1, 0.15) is 0 Å². The van der Waals surface area contributed by atoms with Gasteiger partial charge in [-0.3, -0.25) is 0 Å². The van der Waals surface area contributed by atoms with E-state index < -0.39 is 0 Å². The number of benzene rings is 1. The normalized spacial score (nSPS) is 10.1. The Morgan fingerprint density at radius 2 is 2.29 bits per heavy atom. The number of phenols is 1. The summed E-state index contributed by atoms with van der Waals surface area (Å²) in [7, 11) is 1.50. The molecular formula is C10H9NO3. The summed E-state index contributed by atoms with van der Waals surface area (Å²) in [5.74, 6) is 0.978. The molecule has 0 bridgehead atoms. The van der Waals surface area contributed by atoms with Crippen molar-refractivity contribution < 1.29 is 14.3 Å². The second-order valence-corrected chi connectivity index (χ2v) is 2.72. The highest BCUT2D eigenvalue weighted by molar-refractivity contribution is 5.59. The van der Waals surface area contributed by atoms with Gasteiger partial charge in [0.1, 0.15) is 6.26 Å². The van der Waals surface area contributed by atoms with Gasteiger partial charge in [-0.05, 0) is 18.2 Å². The van der Waals surface area contributed by atoms with Gasteiger partial charge < -0.3 is 14.3 Å². The molecule has 0 atom stereocenters. The minimum atomic E-state index is 0.0724. The summed E-state index contributed by atoms with van der Waals surface area (Å²) in [5, 5.41) is 9.50. The molecule has 0 saturated carbocycles. The molecule has 4 heteroatoms. The third kappa shape index (κ3) is 1.42. The third-order valence-corrected chi connectivity index (χ3v) is 1.86. The van der Waals surface area contributed by atoms with E-state index in [-0.39, 0.29) is 5.75 Å². The number of ether oxygens (including phenoxy) is 1. The molecular weight excluding hydrogens is 182 g/mol. The van der Waals surface area contributed by atoms with Crippen LogP contribution in [0.25, 0.3) is 11.5 Å². The van der Waals surface area contributed by atoms with Crippen molar-refractivity contribution in [2.24, 2.45) is 0 Å². The zero-order valence-electron chi connectivity index (χ0n) is 7.60. The van der Waals surface area contributed by atoms with E-state index in [1.807, 2.05) is 0 Å². The quantitative estimate of drug-likeness (QED) is 0.789. The van der Waals surface area contributed by atoms with Crippen molar-refractivity contribution in [3.8, 4) is 23.0 Å². The second-order valence-electron chi connectivity index (χ2n) is 2.72. The van der Waals surface area contributed by atoms with Gasteiger partial charge in [-0.25, -0.2) is 4.98 Å². The van der Waals surface area contributed by atoms with Crippen LogP contribution < -0.4 is 4.74 Å². The zero-order chi connectivity index (χ0) is 9.97. The molecule has 1 aromatic carbocycles. The van der Waals surface area contributed by atoms with Crippen molar-refractivity contribution in [1.29, 1.82) is 0 Å². The van der Waals surface area contributed by atoms with Crippen molar-refractivity contribution in [1.82, 2.24) is 4.98 Å². The molecule has 0 aliphatic rings. The first kappa shape index (κ1) is 8.62. The molecule has 0 fully saturated rings. The molecule has 0 saturated heterocycles. The second kappa shape index (κ2) is 3.41. The Hall–Kier alpha value is -1.97. The summed E-state index contributed by atoms with van der Waals surface area (Å²) in [4.78, 5) is 3.96. The highest BCUT2D eigenvalue weighted by Crippen LogP contribution is 2.30. The number of aromatic hydroxyl groups is 1. The fourth-order valence-electron chi connectivity index (χ4n) is 1.19. The molecule has 2 aromatic rings. The van der Waals surface area contributed by atoms with Crippen molar-refractivity contribution in [3.05, 3.63) is 30.7 Å². The van der Waals surface area contributed by atoms with Crippen LogP contribution >= 0.6 is 0 Å². The highest BCUT2D eigenvalue weighted by Gasteiger charge is 2.06. The molecule has 1 aromatic heterocycles. The van der Waals surface area contributed by atoms with Crippen LogP contribution in [-0.2, 0) is 0 Å². The summed E-state index contributed by atoms with van der Waals surface area (Å²) in [5.41, 5.74) is 0.716. The van der Waals surface area contributed by atoms with E-state index in [1.165, 1.54) is 13.4 Å². The minimum absolute atomic E-state index is 0.0724. The molecule has 0 aliphatic carbocycles. The lowest BCUT2D eigenvalue weighted by molar-refractivity contribution is 0.373. The first-order valence-electron chi connectivity index (χ1n) is 4.08. The molecule has 0 unspecified atom stereocenters. The van der Waals surface area contributed by atoms with E-state index in [9.17, 15) is 5.11 Å². The van der Waals surface area contributed by atoms with Crippen molar-refractivity contribution in [3.63, 3.8) is 0 Å². The zero-order valence-corrected chi connectivity index (χ0v) is 7.60. The van der Waals surface area contributed by atoms with E-state index in [2.05, 4.69) is 4.98 Å². The summed E-state index contributed by atoms with van der Waals surface area (Å²) in [6.45, 7) is 0. The molecule has 1 heterocycles. The van der Waals surface area contributed by atoms with Crippen molar-refractivity contribution in [2.45, 2.75) is 0 Å². The van der Waals surface area contributed by atoms with Crippen LogP contribution in [0.3, 0.4) is 0 Å². The predicted molar refractivity (Wildman–Crippen MR) is 50.2 cm³/mol. The third-order valence-electron chi connectivity index (χ3n) is 1.86. The Bertz CT molecular complexity index is 423. The Morgan fingerprint density at radius 3 is 2.86 bits per heavy atom. The summed E-state index contributed by atoms with van der Waals surface area (Å²) in [6, 6.07) is 4.98. The minimum Gasteiger partial charge on any atom is -0.504 e. The lowest BCUT2D eigenvalue weighted by Crippen LogP contribution is -1.84. The van der Waals surface area contributed by atoms with Gasteiger partial charge in [-0.1, -0.05) is 0 Å². The number of phenolic OH excluding ortho intramolecular Hbond substituents is 1. The van der Waals surface area contributed by atoms with Gasteiger partial charge in [0.25, 0.3) is 0 Å². The maximum atomic E-state index is 9.50. The number of rotatable bonds is 2. The lowest BCUT2D eigenvalue weighted by Gasteiger charge is -2.03. The van der Waals surface area contributed by atoms with Crippen LogP contribution in [-0.4, -0.2) is 17.2 Å². The maximum absolute atomic E-state index is 9.50. The molecule has 2 rings (SSSR count). The highest BCUT2D eigenvalue weighted by atomic mass is 16.5. The van der Waals surface area contributed by atoms with E-state index >= 15 is 0 Å². The number of nitrogens with zero attached hydrogens (tertiary/aromatic N) is 1. The summed E-state index contributed by atoms with van der Waals surface area (Å²) >= 11 is 0. The van der Waals surface area contributed by atoms with Crippen molar-refractivity contribution in [2.75, 3.05) is 7.11 Å². The largest absolute Gasteiger partial charge is 0.504 e.